The number of hydrogen-bond acceptors (Lipinski definition) is 3. The van der Waals surface area contributed by atoms with Crippen LogP contribution in [0.2, 0.25) is 0 Å². The summed E-state index contributed by atoms with van der Waals surface area (Å²) in [5.41, 5.74) is 2.06. The SMILES string of the molecule is CC(=O)NC(CC(=O)NC(C)Cn1ccnc1)c1ccc(C)cc1. The van der Waals surface area contributed by atoms with Crippen LogP contribution in [0.25, 0.3) is 0 Å². The Hall–Kier alpha value is -2.63. The topological polar surface area (TPSA) is 76.0 Å². The number of amides is 2. The molecule has 1 aromatic carbocycles. The molecule has 0 aliphatic heterocycles. The van der Waals surface area contributed by atoms with Crippen molar-refractivity contribution in [3.8, 4) is 0 Å². The van der Waals surface area contributed by atoms with E-state index < -0.39 is 0 Å². The van der Waals surface area contributed by atoms with Crippen molar-refractivity contribution in [3.05, 3.63) is 54.1 Å². The number of imidazole rings is 1. The molecule has 0 saturated carbocycles. The van der Waals surface area contributed by atoms with E-state index in [-0.39, 0.29) is 30.3 Å². The van der Waals surface area contributed by atoms with E-state index in [0.717, 1.165) is 11.1 Å². The Morgan fingerprint density at radius 2 is 1.92 bits per heavy atom. The second-order valence-electron chi connectivity index (χ2n) is 6.10. The van der Waals surface area contributed by atoms with Crippen LogP contribution in [0, 0.1) is 6.92 Å². The molecule has 0 radical (unpaired) electrons. The lowest BCUT2D eigenvalue weighted by atomic mass is 10.0. The number of hydrogen-bond donors (Lipinski definition) is 2. The van der Waals surface area contributed by atoms with Crippen molar-refractivity contribution in [1.82, 2.24) is 20.2 Å². The summed E-state index contributed by atoms with van der Waals surface area (Å²) in [4.78, 5) is 27.8. The summed E-state index contributed by atoms with van der Waals surface area (Å²) in [7, 11) is 0. The van der Waals surface area contributed by atoms with Crippen LogP contribution in [0.4, 0.5) is 0 Å². The second kappa shape index (κ2) is 8.29. The predicted octanol–water partition coefficient (Wildman–Crippen LogP) is 1.96. The summed E-state index contributed by atoms with van der Waals surface area (Å²) in [6.45, 7) is 6.06. The first-order chi connectivity index (χ1) is 11.4. The highest BCUT2D eigenvalue weighted by molar-refractivity contribution is 5.79. The second-order valence-corrected chi connectivity index (χ2v) is 6.10. The third-order valence-corrected chi connectivity index (χ3v) is 3.70. The zero-order valence-electron chi connectivity index (χ0n) is 14.3. The number of benzene rings is 1. The highest BCUT2D eigenvalue weighted by atomic mass is 16.2. The molecule has 6 heteroatoms. The molecule has 0 saturated heterocycles. The van der Waals surface area contributed by atoms with E-state index in [2.05, 4.69) is 15.6 Å². The van der Waals surface area contributed by atoms with Gasteiger partial charge in [-0.05, 0) is 19.4 Å². The molecule has 0 fully saturated rings. The van der Waals surface area contributed by atoms with E-state index in [4.69, 9.17) is 0 Å². The fourth-order valence-corrected chi connectivity index (χ4v) is 2.57. The molecule has 24 heavy (non-hydrogen) atoms. The van der Waals surface area contributed by atoms with Crippen molar-refractivity contribution in [2.75, 3.05) is 0 Å². The van der Waals surface area contributed by atoms with Crippen molar-refractivity contribution in [3.63, 3.8) is 0 Å². The first kappa shape index (κ1) is 17.7. The fourth-order valence-electron chi connectivity index (χ4n) is 2.57. The number of aryl methyl sites for hydroxylation is 1. The Labute approximate surface area is 142 Å². The Morgan fingerprint density at radius 3 is 2.50 bits per heavy atom. The van der Waals surface area contributed by atoms with Gasteiger partial charge in [0.1, 0.15) is 0 Å². The van der Waals surface area contributed by atoms with Crippen LogP contribution in [-0.4, -0.2) is 27.4 Å². The van der Waals surface area contributed by atoms with Gasteiger partial charge in [-0.15, -0.1) is 0 Å². The predicted molar refractivity (Wildman–Crippen MR) is 92.2 cm³/mol. The lowest BCUT2D eigenvalue weighted by Crippen LogP contribution is -2.38. The minimum Gasteiger partial charge on any atom is -0.352 e. The molecule has 2 unspecified atom stereocenters. The van der Waals surface area contributed by atoms with Crippen LogP contribution in [-0.2, 0) is 16.1 Å². The minimum absolute atomic E-state index is 0.0253. The fraction of sp³-hybridized carbons (Fsp3) is 0.389. The summed E-state index contributed by atoms with van der Waals surface area (Å²) in [6.07, 6.45) is 5.49. The normalized spacial score (nSPS) is 13.1. The van der Waals surface area contributed by atoms with Crippen molar-refractivity contribution in [2.24, 2.45) is 0 Å². The molecular weight excluding hydrogens is 304 g/mol. The molecule has 0 aliphatic rings. The zero-order valence-corrected chi connectivity index (χ0v) is 14.3. The van der Waals surface area contributed by atoms with Gasteiger partial charge in [0, 0.05) is 31.9 Å². The Bertz CT molecular complexity index is 665. The van der Waals surface area contributed by atoms with Crippen LogP contribution >= 0.6 is 0 Å². The molecule has 128 valence electrons. The maximum atomic E-state index is 12.3. The average Bonchev–Trinajstić information content (AvgIpc) is 2.99. The summed E-state index contributed by atoms with van der Waals surface area (Å²) in [6, 6.07) is 7.48. The molecule has 1 heterocycles. The molecule has 2 atom stereocenters. The molecular formula is C18H24N4O2. The van der Waals surface area contributed by atoms with Crippen LogP contribution < -0.4 is 10.6 Å². The Balaban J connectivity index is 1.96. The third kappa shape index (κ3) is 5.53. The van der Waals surface area contributed by atoms with Crippen molar-refractivity contribution in [2.45, 2.75) is 45.8 Å². The molecule has 6 nitrogen and oxygen atoms in total. The summed E-state index contributed by atoms with van der Waals surface area (Å²) in [5.74, 6) is -0.248. The first-order valence-corrected chi connectivity index (χ1v) is 8.03. The third-order valence-electron chi connectivity index (χ3n) is 3.70. The van der Waals surface area contributed by atoms with Gasteiger partial charge in [-0.25, -0.2) is 4.98 Å². The molecule has 0 spiro atoms. The van der Waals surface area contributed by atoms with Gasteiger partial charge in [0.15, 0.2) is 0 Å². The van der Waals surface area contributed by atoms with Gasteiger partial charge in [0.05, 0.1) is 18.8 Å². The molecule has 2 N–H and O–H groups in total. The number of aromatic nitrogens is 2. The molecule has 2 aromatic rings. The van der Waals surface area contributed by atoms with E-state index in [9.17, 15) is 9.59 Å². The van der Waals surface area contributed by atoms with Crippen molar-refractivity contribution < 1.29 is 9.59 Å². The average molecular weight is 328 g/mol. The molecule has 0 bridgehead atoms. The van der Waals surface area contributed by atoms with E-state index in [0.29, 0.717) is 6.54 Å². The van der Waals surface area contributed by atoms with Gasteiger partial charge in [0.2, 0.25) is 11.8 Å². The lowest BCUT2D eigenvalue weighted by Gasteiger charge is -2.20. The highest BCUT2D eigenvalue weighted by Gasteiger charge is 2.18. The molecule has 0 aliphatic carbocycles. The molecule has 2 rings (SSSR count). The number of nitrogens with zero attached hydrogens (tertiary/aromatic N) is 2. The summed E-state index contributed by atoms with van der Waals surface area (Å²) in [5, 5.41) is 5.81. The number of rotatable bonds is 7. The van der Waals surface area contributed by atoms with Gasteiger partial charge in [-0.1, -0.05) is 29.8 Å². The van der Waals surface area contributed by atoms with Gasteiger partial charge >= 0.3 is 0 Å². The standard InChI is InChI=1S/C18H24N4O2/c1-13-4-6-16(7-5-13)17(21-15(3)23)10-18(24)20-14(2)11-22-9-8-19-12-22/h4-9,12,14,17H,10-11H2,1-3H3,(H,20,24)(H,21,23). The Kier molecular flexibility index (Phi) is 6.12. The van der Waals surface area contributed by atoms with E-state index in [1.165, 1.54) is 6.92 Å². The van der Waals surface area contributed by atoms with Crippen molar-refractivity contribution >= 4 is 11.8 Å². The quantitative estimate of drug-likeness (QED) is 0.816. The van der Waals surface area contributed by atoms with E-state index in [1.807, 2.05) is 48.9 Å². The summed E-state index contributed by atoms with van der Waals surface area (Å²) < 4.78 is 1.91. The van der Waals surface area contributed by atoms with E-state index >= 15 is 0 Å². The van der Waals surface area contributed by atoms with Gasteiger partial charge in [-0.3, -0.25) is 9.59 Å². The maximum absolute atomic E-state index is 12.3. The number of nitrogens with one attached hydrogen (secondary N) is 2. The number of carbonyl (C=O) groups is 2. The molecule has 2 amide bonds. The van der Waals surface area contributed by atoms with Gasteiger partial charge in [-0.2, -0.15) is 0 Å². The maximum Gasteiger partial charge on any atom is 0.222 e. The first-order valence-electron chi connectivity index (χ1n) is 8.03. The van der Waals surface area contributed by atoms with Crippen LogP contribution in [0.15, 0.2) is 43.0 Å². The monoisotopic (exact) mass is 328 g/mol. The van der Waals surface area contributed by atoms with Crippen LogP contribution in [0.3, 0.4) is 0 Å². The summed E-state index contributed by atoms with van der Waals surface area (Å²) >= 11 is 0. The lowest BCUT2D eigenvalue weighted by molar-refractivity contribution is -0.123. The zero-order chi connectivity index (χ0) is 17.5. The van der Waals surface area contributed by atoms with E-state index in [1.54, 1.807) is 12.5 Å². The minimum atomic E-state index is -0.330. The van der Waals surface area contributed by atoms with Crippen LogP contribution in [0.1, 0.15) is 37.4 Å². The Morgan fingerprint density at radius 1 is 1.21 bits per heavy atom. The van der Waals surface area contributed by atoms with Crippen molar-refractivity contribution in [1.29, 1.82) is 0 Å². The van der Waals surface area contributed by atoms with Gasteiger partial charge in [0.25, 0.3) is 0 Å². The van der Waals surface area contributed by atoms with Crippen LogP contribution in [0.5, 0.6) is 0 Å². The smallest absolute Gasteiger partial charge is 0.222 e. The number of carbonyl (C=O) groups excluding carboxylic acids is 2. The largest absolute Gasteiger partial charge is 0.352 e. The van der Waals surface area contributed by atoms with Gasteiger partial charge < -0.3 is 15.2 Å². The highest BCUT2D eigenvalue weighted by Crippen LogP contribution is 2.17. The molecule has 1 aromatic heterocycles.